The summed E-state index contributed by atoms with van der Waals surface area (Å²) in [5.74, 6) is -0.822. The largest absolute Gasteiger partial charge is 0.292 e. The van der Waals surface area contributed by atoms with Crippen molar-refractivity contribution in [3.8, 4) is 0 Å². The molecule has 3 rings (SSSR count). The summed E-state index contributed by atoms with van der Waals surface area (Å²) in [6, 6.07) is 10.7. The Bertz CT molecular complexity index is 887. The molecule has 1 heterocycles. The molecule has 4 nitrogen and oxygen atoms in total. The fourth-order valence-electron chi connectivity index (χ4n) is 2.60. The van der Waals surface area contributed by atoms with Gasteiger partial charge in [0.15, 0.2) is 5.78 Å². The molecule has 2 aromatic rings. The highest BCUT2D eigenvalue weighted by atomic mass is 32.2. The summed E-state index contributed by atoms with van der Waals surface area (Å²) in [6.45, 7) is 2.00. The summed E-state index contributed by atoms with van der Waals surface area (Å²) in [4.78, 5) is 12.8. The Morgan fingerprint density at radius 1 is 1.08 bits per heavy atom. The van der Waals surface area contributed by atoms with Gasteiger partial charge in [0.25, 0.3) is 0 Å². The van der Waals surface area contributed by atoms with Crippen molar-refractivity contribution in [2.45, 2.75) is 17.9 Å². The third-order valence-electron chi connectivity index (χ3n) is 3.94. The number of hydrogen-bond donors (Lipinski definition) is 0. The molecule has 0 bridgehead atoms. The van der Waals surface area contributed by atoms with Crippen molar-refractivity contribution in [3.05, 3.63) is 77.6 Å². The van der Waals surface area contributed by atoms with Gasteiger partial charge in [-0.25, -0.2) is 12.8 Å². The van der Waals surface area contributed by atoms with Gasteiger partial charge in [-0.3, -0.25) is 4.79 Å². The number of rotatable bonds is 4. The van der Waals surface area contributed by atoms with Crippen LogP contribution in [0.2, 0.25) is 0 Å². The molecule has 24 heavy (non-hydrogen) atoms. The second kappa shape index (κ2) is 6.30. The number of nitrogens with zero attached hydrogens (tertiary/aromatic N) is 1. The van der Waals surface area contributed by atoms with Gasteiger partial charge < -0.3 is 0 Å². The van der Waals surface area contributed by atoms with Crippen molar-refractivity contribution >= 4 is 15.8 Å². The van der Waals surface area contributed by atoms with Crippen molar-refractivity contribution < 1.29 is 17.6 Å². The van der Waals surface area contributed by atoms with E-state index in [1.54, 1.807) is 24.3 Å². The summed E-state index contributed by atoms with van der Waals surface area (Å²) in [6.07, 6.45) is 3.22. The number of benzene rings is 2. The lowest BCUT2D eigenvalue weighted by Gasteiger charge is -2.23. The predicted octanol–water partition coefficient (Wildman–Crippen LogP) is 2.95. The van der Waals surface area contributed by atoms with Crippen molar-refractivity contribution in [1.29, 1.82) is 0 Å². The predicted molar refractivity (Wildman–Crippen MR) is 88.7 cm³/mol. The molecule has 2 aromatic carbocycles. The Balaban J connectivity index is 1.92. The van der Waals surface area contributed by atoms with Crippen molar-refractivity contribution in [2.75, 3.05) is 6.54 Å². The van der Waals surface area contributed by atoms with Gasteiger partial charge in [0.2, 0.25) is 10.0 Å². The lowest BCUT2D eigenvalue weighted by Crippen LogP contribution is -2.40. The molecule has 0 N–H and O–H groups in total. The average molecular weight is 345 g/mol. The molecule has 1 atom stereocenters. The molecule has 0 saturated carbocycles. The number of aryl methyl sites for hydroxylation is 1. The molecule has 0 amide bonds. The number of ketones is 1. The van der Waals surface area contributed by atoms with Gasteiger partial charge in [-0.05, 0) is 43.3 Å². The maximum atomic E-state index is 13.0. The smallest absolute Gasteiger partial charge is 0.244 e. The molecular formula is C18H16FNO3S. The number of Topliss-reactive ketones (excluding diaryl/α,β-unsaturated/α-hetero) is 1. The van der Waals surface area contributed by atoms with E-state index in [9.17, 15) is 17.6 Å². The summed E-state index contributed by atoms with van der Waals surface area (Å²) in [7, 11) is -3.79. The molecule has 0 aliphatic carbocycles. The van der Waals surface area contributed by atoms with Crippen LogP contribution in [0.25, 0.3) is 0 Å². The Labute approximate surface area is 140 Å². The molecule has 0 fully saturated rings. The van der Waals surface area contributed by atoms with Crippen LogP contribution >= 0.6 is 0 Å². The molecule has 124 valence electrons. The standard InChI is InChI=1S/C18H16FNO3S/c1-13-4-10-16(11-5-13)24(22,23)20-12-2-3-17(20)18(21)14-6-8-15(19)9-7-14/h2-11,17H,12H2,1H3. The highest BCUT2D eigenvalue weighted by Gasteiger charge is 2.36. The maximum absolute atomic E-state index is 13.0. The minimum Gasteiger partial charge on any atom is -0.292 e. The molecule has 1 aliphatic heterocycles. The van der Waals surface area contributed by atoms with Crippen molar-refractivity contribution in [2.24, 2.45) is 0 Å². The summed E-state index contributed by atoms with van der Waals surface area (Å²) in [5, 5.41) is 0. The fraction of sp³-hybridized carbons (Fsp3) is 0.167. The highest BCUT2D eigenvalue weighted by Crippen LogP contribution is 2.24. The van der Waals surface area contributed by atoms with E-state index < -0.39 is 21.9 Å². The lowest BCUT2D eigenvalue weighted by atomic mass is 10.1. The van der Waals surface area contributed by atoms with Gasteiger partial charge in [0.05, 0.1) is 4.90 Å². The van der Waals surface area contributed by atoms with Gasteiger partial charge in [0, 0.05) is 12.1 Å². The van der Waals surface area contributed by atoms with E-state index in [0.29, 0.717) is 0 Å². The van der Waals surface area contributed by atoms with Gasteiger partial charge in [-0.2, -0.15) is 4.31 Å². The quantitative estimate of drug-likeness (QED) is 0.632. The van der Waals surface area contributed by atoms with Gasteiger partial charge in [-0.1, -0.05) is 29.8 Å². The van der Waals surface area contributed by atoms with E-state index in [2.05, 4.69) is 0 Å². The van der Waals surface area contributed by atoms with E-state index in [4.69, 9.17) is 0 Å². The molecule has 0 radical (unpaired) electrons. The van der Waals surface area contributed by atoms with Crippen molar-refractivity contribution in [3.63, 3.8) is 0 Å². The summed E-state index contributed by atoms with van der Waals surface area (Å²) < 4.78 is 39.8. The summed E-state index contributed by atoms with van der Waals surface area (Å²) in [5.41, 5.74) is 1.23. The highest BCUT2D eigenvalue weighted by molar-refractivity contribution is 7.89. The Morgan fingerprint density at radius 2 is 1.71 bits per heavy atom. The number of halogens is 1. The first-order valence-corrected chi connectivity index (χ1v) is 8.88. The lowest BCUT2D eigenvalue weighted by molar-refractivity contribution is 0.0937. The first-order chi connectivity index (χ1) is 11.4. The Morgan fingerprint density at radius 3 is 2.33 bits per heavy atom. The molecule has 0 saturated heterocycles. The van der Waals surface area contributed by atoms with Crippen LogP contribution in [0.1, 0.15) is 15.9 Å². The van der Waals surface area contributed by atoms with Gasteiger partial charge in [0.1, 0.15) is 11.9 Å². The van der Waals surface area contributed by atoms with Crippen LogP contribution in [0.15, 0.2) is 65.6 Å². The second-order valence-electron chi connectivity index (χ2n) is 5.63. The van der Waals surface area contributed by atoms with E-state index in [1.807, 2.05) is 6.92 Å². The van der Waals surface area contributed by atoms with Crippen LogP contribution in [0.4, 0.5) is 4.39 Å². The van der Waals surface area contributed by atoms with Crippen LogP contribution in [-0.4, -0.2) is 31.1 Å². The third kappa shape index (κ3) is 3.02. The molecule has 6 heteroatoms. The van der Waals surface area contributed by atoms with E-state index in [1.165, 1.54) is 36.4 Å². The first kappa shape index (κ1) is 16.5. The SMILES string of the molecule is Cc1ccc(S(=O)(=O)N2CC=CC2C(=O)c2ccc(F)cc2)cc1. The minimum absolute atomic E-state index is 0.133. The zero-order chi connectivity index (χ0) is 17.3. The first-order valence-electron chi connectivity index (χ1n) is 7.44. The topological polar surface area (TPSA) is 54.5 Å². The van der Waals surface area contributed by atoms with Crippen molar-refractivity contribution in [1.82, 2.24) is 4.31 Å². The molecule has 0 spiro atoms. The monoisotopic (exact) mass is 345 g/mol. The number of carbonyl (C=O) groups excluding carboxylic acids is 1. The van der Waals surface area contributed by atoms with Crippen LogP contribution < -0.4 is 0 Å². The van der Waals surface area contributed by atoms with E-state index in [-0.39, 0.29) is 22.8 Å². The number of hydrogen-bond acceptors (Lipinski definition) is 3. The minimum atomic E-state index is -3.79. The summed E-state index contributed by atoms with van der Waals surface area (Å²) >= 11 is 0. The normalized spacial score (nSPS) is 18.0. The van der Waals surface area contributed by atoms with Gasteiger partial charge >= 0.3 is 0 Å². The van der Waals surface area contributed by atoms with Gasteiger partial charge in [-0.15, -0.1) is 0 Å². The van der Waals surface area contributed by atoms with Crippen LogP contribution in [-0.2, 0) is 10.0 Å². The maximum Gasteiger partial charge on any atom is 0.244 e. The number of sulfonamides is 1. The zero-order valence-corrected chi connectivity index (χ0v) is 13.8. The van der Waals surface area contributed by atoms with Crippen LogP contribution in [0.3, 0.4) is 0 Å². The number of carbonyl (C=O) groups is 1. The average Bonchev–Trinajstić information content (AvgIpc) is 3.06. The van der Waals surface area contributed by atoms with Crippen LogP contribution in [0, 0.1) is 12.7 Å². The van der Waals surface area contributed by atoms with E-state index in [0.717, 1.165) is 9.87 Å². The third-order valence-corrected chi connectivity index (χ3v) is 5.80. The molecular weight excluding hydrogens is 329 g/mol. The van der Waals surface area contributed by atoms with E-state index >= 15 is 0 Å². The molecule has 1 unspecified atom stereocenters. The Hall–Kier alpha value is -2.31. The molecule has 0 aromatic heterocycles. The van der Waals surface area contributed by atoms with Crippen LogP contribution in [0.5, 0.6) is 0 Å². The second-order valence-corrected chi connectivity index (χ2v) is 7.52. The Kier molecular flexibility index (Phi) is 4.34. The fourth-order valence-corrected chi connectivity index (χ4v) is 4.10. The zero-order valence-electron chi connectivity index (χ0n) is 13.0. The molecule has 1 aliphatic rings.